The second-order valence-corrected chi connectivity index (χ2v) is 7.68. The van der Waals surface area contributed by atoms with Crippen LogP contribution in [0.5, 0.6) is 0 Å². The summed E-state index contributed by atoms with van der Waals surface area (Å²) in [5.74, 6) is 0.0377. The van der Waals surface area contributed by atoms with Crippen LogP contribution in [0.1, 0.15) is 16.1 Å². The number of thiophene rings is 1. The summed E-state index contributed by atoms with van der Waals surface area (Å²) in [4.78, 5) is 12.6. The lowest BCUT2D eigenvalue weighted by molar-refractivity contribution is 0.103. The first-order valence-corrected chi connectivity index (χ1v) is 9.00. The van der Waals surface area contributed by atoms with Crippen LogP contribution < -0.4 is 9.62 Å². The van der Waals surface area contributed by atoms with Crippen molar-refractivity contribution in [1.82, 2.24) is 0 Å². The molecule has 1 aromatic carbocycles. The molecule has 0 saturated carbocycles. The molecule has 1 aromatic heterocycles. The normalized spacial score (nSPS) is 16.9. The number of carbonyl (C=O) groups is 1. The minimum atomic E-state index is -3.16. The number of rotatable bonds is 3. The molecular formula is C14H14N2O3S2. The number of amides is 1. The van der Waals surface area contributed by atoms with Crippen molar-refractivity contribution in [3.8, 4) is 0 Å². The van der Waals surface area contributed by atoms with E-state index in [1.54, 1.807) is 30.3 Å². The molecule has 0 aliphatic carbocycles. The maximum absolute atomic E-state index is 11.9. The van der Waals surface area contributed by atoms with Gasteiger partial charge < -0.3 is 5.32 Å². The van der Waals surface area contributed by atoms with Gasteiger partial charge in [-0.3, -0.25) is 9.10 Å². The Morgan fingerprint density at radius 2 is 1.95 bits per heavy atom. The summed E-state index contributed by atoms with van der Waals surface area (Å²) < 4.78 is 25.1. The van der Waals surface area contributed by atoms with E-state index < -0.39 is 10.0 Å². The third-order valence-electron chi connectivity index (χ3n) is 3.26. The van der Waals surface area contributed by atoms with Gasteiger partial charge in [0, 0.05) is 12.2 Å². The van der Waals surface area contributed by atoms with Crippen molar-refractivity contribution in [1.29, 1.82) is 0 Å². The summed E-state index contributed by atoms with van der Waals surface area (Å²) in [5.41, 5.74) is 1.29. The summed E-state index contributed by atoms with van der Waals surface area (Å²) >= 11 is 1.37. The highest BCUT2D eigenvalue weighted by atomic mass is 32.2. The van der Waals surface area contributed by atoms with Gasteiger partial charge >= 0.3 is 0 Å². The van der Waals surface area contributed by atoms with E-state index in [0.29, 0.717) is 29.2 Å². The van der Waals surface area contributed by atoms with Crippen molar-refractivity contribution in [3.63, 3.8) is 0 Å². The molecule has 7 heteroatoms. The zero-order valence-corrected chi connectivity index (χ0v) is 12.8. The number of hydrogen-bond donors (Lipinski definition) is 1. The summed E-state index contributed by atoms with van der Waals surface area (Å²) in [7, 11) is -3.16. The van der Waals surface area contributed by atoms with E-state index in [2.05, 4.69) is 5.32 Å². The zero-order valence-electron chi connectivity index (χ0n) is 11.2. The molecule has 1 N–H and O–H groups in total. The van der Waals surface area contributed by atoms with Crippen LogP contribution in [0.25, 0.3) is 0 Å². The van der Waals surface area contributed by atoms with Crippen LogP contribution in [0, 0.1) is 0 Å². The van der Waals surface area contributed by atoms with Gasteiger partial charge in [-0.1, -0.05) is 6.07 Å². The Balaban J connectivity index is 1.74. The summed E-state index contributed by atoms with van der Waals surface area (Å²) in [6.07, 6.45) is 0.652. The maximum atomic E-state index is 11.9. The lowest BCUT2D eigenvalue weighted by Gasteiger charge is -2.17. The van der Waals surface area contributed by atoms with E-state index in [0.717, 1.165) is 0 Å². The van der Waals surface area contributed by atoms with Gasteiger partial charge in [0.25, 0.3) is 5.91 Å². The number of benzene rings is 1. The number of nitrogens with zero attached hydrogens (tertiary/aromatic N) is 1. The number of carbonyl (C=O) groups excluding carboxylic acids is 1. The minimum Gasteiger partial charge on any atom is -0.321 e. The fourth-order valence-electron chi connectivity index (χ4n) is 2.24. The van der Waals surface area contributed by atoms with Crippen molar-refractivity contribution < 1.29 is 13.2 Å². The largest absolute Gasteiger partial charge is 0.321 e. The molecular weight excluding hydrogens is 308 g/mol. The minimum absolute atomic E-state index is 0.161. The van der Waals surface area contributed by atoms with Gasteiger partial charge in [-0.2, -0.15) is 0 Å². The number of nitrogens with one attached hydrogen (secondary N) is 1. The van der Waals surface area contributed by atoms with Gasteiger partial charge in [-0.25, -0.2) is 8.42 Å². The van der Waals surface area contributed by atoms with E-state index in [1.807, 2.05) is 11.4 Å². The number of hydrogen-bond acceptors (Lipinski definition) is 4. The van der Waals surface area contributed by atoms with Crippen LogP contribution in [0.3, 0.4) is 0 Å². The predicted octanol–water partition coefficient (Wildman–Crippen LogP) is 2.54. The highest BCUT2D eigenvalue weighted by molar-refractivity contribution is 7.93. The maximum Gasteiger partial charge on any atom is 0.265 e. The first kappa shape index (κ1) is 14.1. The quantitative estimate of drug-likeness (QED) is 0.944. The molecule has 1 aliphatic rings. The Morgan fingerprint density at radius 3 is 2.52 bits per heavy atom. The molecule has 1 fully saturated rings. The topological polar surface area (TPSA) is 66.5 Å². The average molecular weight is 322 g/mol. The van der Waals surface area contributed by atoms with Gasteiger partial charge in [0.05, 0.1) is 16.3 Å². The molecule has 1 amide bonds. The van der Waals surface area contributed by atoms with E-state index >= 15 is 0 Å². The molecule has 0 unspecified atom stereocenters. The van der Waals surface area contributed by atoms with E-state index in [1.165, 1.54) is 15.6 Å². The van der Waals surface area contributed by atoms with Crippen LogP contribution in [0.2, 0.25) is 0 Å². The Morgan fingerprint density at radius 1 is 1.19 bits per heavy atom. The van der Waals surface area contributed by atoms with Crippen molar-refractivity contribution in [2.75, 3.05) is 21.9 Å². The van der Waals surface area contributed by atoms with Crippen molar-refractivity contribution in [2.24, 2.45) is 0 Å². The molecule has 110 valence electrons. The van der Waals surface area contributed by atoms with Crippen LogP contribution in [-0.2, 0) is 10.0 Å². The molecule has 1 saturated heterocycles. The first-order chi connectivity index (χ1) is 10.1. The Hall–Kier alpha value is -1.86. The molecule has 0 bridgehead atoms. The Labute approximate surface area is 127 Å². The highest BCUT2D eigenvalue weighted by Gasteiger charge is 2.28. The smallest absolute Gasteiger partial charge is 0.265 e. The van der Waals surface area contributed by atoms with Gasteiger partial charge in [0.2, 0.25) is 10.0 Å². The van der Waals surface area contributed by atoms with E-state index in [4.69, 9.17) is 0 Å². The predicted molar refractivity (Wildman–Crippen MR) is 84.5 cm³/mol. The second kappa shape index (κ2) is 5.50. The molecule has 2 aromatic rings. The summed E-state index contributed by atoms with van der Waals surface area (Å²) in [6.45, 7) is 0.517. The molecule has 0 radical (unpaired) electrons. The van der Waals surface area contributed by atoms with Crippen LogP contribution in [0.4, 0.5) is 11.4 Å². The van der Waals surface area contributed by atoms with Crippen molar-refractivity contribution in [2.45, 2.75) is 6.42 Å². The lowest BCUT2D eigenvalue weighted by atomic mass is 10.2. The Bertz CT molecular complexity index is 737. The molecule has 21 heavy (non-hydrogen) atoms. The number of sulfonamides is 1. The molecule has 2 heterocycles. The van der Waals surface area contributed by atoms with Crippen LogP contribution in [0.15, 0.2) is 41.8 Å². The lowest BCUT2D eigenvalue weighted by Crippen LogP contribution is -2.24. The second-order valence-electron chi connectivity index (χ2n) is 4.72. The fourth-order valence-corrected chi connectivity index (χ4v) is 4.42. The van der Waals surface area contributed by atoms with E-state index in [-0.39, 0.29) is 11.7 Å². The molecule has 0 atom stereocenters. The molecule has 1 aliphatic heterocycles. The first-order valence-electron chi connectivity index (χ1n) is 6.52. The third kappa shape index (κ3) is 2.93. The van der Waals surface area contributed by atoms with Crippen LogP contribution >= 0.6 is 11.3 Å². The van der Waals surface area contributed by atoms with Gasteiger partial charge in [-0.15, -0.1) is 11.3 Å². The van der Waals surface area contributed by atoms with Gasteiger partial charge in [-0.05, 0) is 42.1 Å². The molecule has 5 nitrogen and oxygen atoms in total. The van der Waals surface area contributed by atoms with Crippen molar-refractivity contribution >= 4 is 38.6 Å². The van der Waals surface area contributed by atoms with Crippen LogP contribution in [-0.4, -0.2) is 26.6 Å². The van der Waals surface area contributed by atoms with Gasteiger partial charge in [0.15, 0.2) is 0 Å². The summed E-state index contributed by atoms with van der Waals surface area (Å²) in [6, 6.07) is 10.4. The SMILES string of the molecule is O=C(Nc1ccc(N2CCCS2(=O)=O)cc1)c1cccs1. The zero-order chi connectivity index (χ0) is 14.9. The van der Waals surface area contributed by atoms with Crippen molar-refractivity contribution in [3.05, 3.63) is 46.7 Å². The standard InChI is InChI=1S/C14H14N2O3S2/c17-14(13-3-1-9-20-13)15-11-4-6-12(7-5-11)16-8-2-10-21(16,18)19/h1,3-7,9H,2,8,10H2,(H,15,17). The van der Waals surface area contributed by atoms with Gasteiger partial charge in [0.1, 0.15) is 0 Å². The summed E-state index contributed by atoms with van der Waals surface area (Å²) in [5, 5.41) is 4.63. The monoisotopic (exact) mass is 322 g/mol. The van der Waals surface area contributed by atoms with E-state index in [9.17, 15) is 13.2 Å². The number of anilines is 2. The molecule has 3 rings (SSSR count). The highest BCUT2D eigenvalue weighted by Crippen LogP contribution is 2.25. The third-order valence-corrected chi connectivity index (χ3v) is 6.00. The Kier molecular flexibility index (Phi) is 3.69. The fraction of sp³-hybridized carbons (Fsp3) is 0.214. The molecule has 0 spiro atoms. The average Bonchev–Trinajstić information content (AvgIpc) is 3.09.